The van der Waals surface area contributed by atoms with E-state index in [1.807, 2.05) is 0 Å². The molecule has 0 saturated carbocycles. The molecular weight excluding hydrogens is 389 g/mol. The molecule has 3 rings (SSSR count). The summed E-state index contributed by atoms with van der Waals surface area (Å²) < 4.78 is 49.6. The van der Waals surface area contributed by atoms with Crippen molar-refractivity contribution in [1.29, 1.82) is 0 Å². The Morgan fingerprint density at radius 2 is 1.71 bits per heavy atom. The number of nitrogens with zero attached hydrogens (tertiary/aromatic N) is 1. The van der Waals surface area contributed by atoms with E-state index in [4.69, 9.17) is 9.47 Å². The van der Waals surface area contributed by atoms with Crippen molar-refractivity contribution in [3.8, 4) is 0 Å². The van der Waals surface area contributed by atoms with Gasteiger partial charge in [0.1, 0.15) is 5.82 Å². The summed E-state index contributed by atoms with van der Waals surface area (Å²) in [5, 5.41) is 0. The summed E-state index contributed by atoms with van der Waals surface area (Å²) in [6, 6.07) is 10.4. The van der Waals surface area contributed by atoms with Gasteiger partial charge in [-0.2, -0.15) is 4.31 Å². The van der Waals surface area contributed by atoms with Gasteiger partial charge in [0.05, 0.1) is 23.7 Å². The lowest BCUT2D eigenvalue weighted by atomic mass is 10.1. The molecule has 1 heterocycles. The number of carbonyl (C=O) groups excluding carboxylic acids is 2. The zero-order chi connectivity index (χ0) is 20.1. The van der Waals surface area contributed by atoms with Gasteiger partial charge in [-0.05, 0) is 42.5 Å². The van der Waals surface area contributed by atoms with Gasteiger partial charge < -0.3 is 9.47 Å². The number of esters is 1. The highest BCUT2D eigenvalue weighted by Crippen LogP contribution is 2.18. The predicted octanol–water partition coefficient (Wildman–Crippen LogP) is 1.89. The maximum Gasteiger partial charge on any atom is 0.338 e. The van der Waals surface area contributed by atoms with Gasteiger partial charge in [-0.25, -0.2) is 17.6 Å². The Kier molecular flexibility index (Phi) is 6.18. The molecule has 0 atom stereocenters. The van der Waals surface area contributed by atoms with Gasteiger partial charge >= 0.3 is 5.97 Å². The van der Waals surface area contributed by atoms with Gasteiger partial charge in [-0.3, -0.25) is 4.79 Å². The van der Waals surface area contributed by atoms with Crippen LogP contribution in [0.15, 0.2) is 53.4 Å². The lowest BCUT2D eigenvalue weighted by molar-refractivity contribution is 0.0474. The molecule has 0 N–H and O–H groups in total. The van der Waals surface area contributed by atoms with E-state index in [9.17, 15) is 22.4 Å². The summed E-state index contributed by atoms with van der Waals surface area (Å²) in [5.74, 6) is -1.91. The largest absolute Gasteiger partial charge is 0.454 e. The van der Waals surface area contributed by atoms with Crippen molar-refractivity contribution in [3.05, 3.63) is 65.5 Å². The van der Waals surface area contributed by atoms with Crippen LogP contribution in [-0.4, -0.2) is 57.4 Å². The van der Waals surface area contributed by atoms with Crippen LogP contribution in [0.5, 0.6) is 0 Å². The van der Waals surface area contributed by atoms with Gasteiger partial charge in [-0.15, -0.1) is 0 Å². The van der Waals surface area contributed by atoms with Crippen LogP contribution in [0.3, 0.4) is 0 Å². The van der Waals surface area contributed by atoms with E-state index >= 15 is 0 Å². The minimum Gasteiger partial charge on any atom is -0.454 e. The van der Waals surface area contributed by atoms with Crippen molar-refractivity contribution in [3.63, 3.8) is 0 Å². The van der Waals surface area contributed by atoms with Crippen LogP contribution in [0, 0.1) is 5.82 Å². The van der Waals surface area contributed by atoms with Crippen LogP contribution in [0.25, 0.3) is 0 Å². The van der Waals surface area contributed by atoms with E-state index in [2.05, 4.69) is 0 Å². The van der Waals surface area contributed by atoms with E-state index < -0.39 is 34.2 Å². The van der Waals surface area contributed by atoms with E-state index in [0.29, 0.717) is 13.2 Å². The van der Waals surface area contributed by atoms with Crippen molar-refractivity contribution in [2.45, 2.75) is 4.90 Å². The number of benzene rings is 2. The Bertz CT molecular complexity index is 968. The molecule has 0 radical (unpaired) electrons. The van der Waals surface area contributed by atoms with Crippen LogP contribution in [-0.2, 0) is 19.5 Å². The Morgan fingerprint density at radius 3 is 2.36 bits per heavy atom. The van der Waals surface area contributed by atoms with E-state index in [1.165, 1.54) is 46.8 Å². The molecule has 9 heteroatoms. The molecule has 148 valence electrons. The van der Waals surface area contributed by atoms with Crippen molar-refractivity contribution < 1.29 is 31.9 Å². The number of hydrogen-bond acceptors (Lipinski definition) is 6. The molecular formula is C19H18FNO6S. The van der Waals surface area contributed by atoms with Crippen molar-refractivity contribution in [2.24, 2.45) is 0 Å². The Hall–Kier alpha value is -2.62. The quantitative estimate of drug-likeness (QED) is 0.537. The SMILES string of the molecule is O=C(COC(=O)c1cccc(F)c1)c1ccc(S(=O)(=O)N2CCOCC2)cc1. The zero-order valence-corrected chi connectivity index (χ0v) is 15.7. The van der Waals surface area contributed by atoms with Crippen LogP contribution >= 0.6 is 0 Å². The number of Topliss-reactive ketones (excluding diaryl/α,β-unsaturated/α-hetero) is 1. The number of hydrogen-bond donors (Lipinski definition) is 0. The number of rotatable bonds is 6. The normalized spacial score (nSPS) is 15.2. The minimum atomic E-state index is -3.65. The van der Waals surface area contributed by atoms with Gasteiger partial charge in [-0.1, -0.05) is 6.07 Å². The van der Waals surface area contributed by atoms with Gasteiger partial charge in [0.25, 0.3) is 0 Å². The predicted molar refractivity (Wildman–Crippen MR) is 97.0 cm³/mol. The Balaban J connectivity index is 1.63. The molecule has 28 heavy (non-hydrogen) atoms. The molecule has 1 aliphatic rings. The second-order valence-electron chi connectivity index (χ2n) is 6.05. The second kappa shape index (κ2) is 8.59. The molecule has 0 spiro atoms. The molecule has 0 amide bonds. The summed E-state index contributed by atoms with van der Waals surface area (Å²) in [6.07, 6.45) is 0. The van der Waals surface area contributed by atoms with Crippen LogP contribution in [0.4, 0.5) is 4.39 Å². The number of morpholine rings is 1. The third-order valence-electron chi connectivity index (χ3n) is 4.18. The van der Waals surface area contributed by atoms with Gasteiger partial charge in [0.15, 0.2) is 12.4 Å². The summed E-state index contributed by atoms with van der Waals surface area (Å²) in [6.45, 7) is 0.696. The molecule has 0 bridgehead atoms. The maximum atomic E-state index is 13.1. The third kappa shape index (κ3) is 4.61. The monoisotopic (exact) mass is 407 g/mol. The smallest absolute Gasteiger partial charge is 0.338 e. The first-order chi connectivity index (χ1) is 13.4. The fourth-order valence-corrected chi connectivity index (χ4v) is 4.07. The maximum absolute atomic E-state index is 13.1. The number of sulfonamides is 1. The number of carbonyl (C=O) groups is 2. The minimum absolute atomic E-state index is 0.000229. The van der Waals surface area contributed by atoms with Gasteiger partial charge in [0, 0.05) is 18.7 Å². The van der Waals surface area contributed by atoms with Gasteiger partial charge in [0.2, 0.25) is 10.0 Å². The van der Waals surface area contributed by atoms with E-state index in [-0.39, 0.29) is 29.1 Å². The average molecular weight is 407 g/mol. The van der Waals surface area contributed by atoms with Crippen LogP contribution < -0.4 is 0 Å². The van der Waals surface area contributed by atoms with Crippen LogP contribution in [0.2, 0.25) is 0 Å². The highest BCUT2D eigenvalue weighted by molar-refractivity contribution is 7.89. The van der Waals surface area contributed by atoms with Crippen molar-refractivity contribution >= 4 is 21.8 Å². The molecule has 0 aliphatic carbocycles. The first kappa shape index (κ1) is 20.1. The number of ether oxygens (including phenoxy) is 2. The standard InChI is InChI=1S/C19H18FNO6S/c20-16-3-1-2-15(12-16)19(23)27-13-18(22)14-4-6-17(7-5-14)28(24,25)21-8-10-26-11-9-21/h1-7,12H,8-11,13H2. The summed E-state index contributed by atoms with van der Waals surface area (Å²) in [5.41, 5.74) is 0.202. The molecule has 1 aliphatic heterocycles. The first-order valence-electron chi connectivity index (χ1n) is 8.52. The van der Waals surface area contributed by atoms with Crippen molar-refractivity contribution in [2.75, 3.05) is 32.9 Å². The highest BCUT2D eigenvalue weighted by atomic mass is 32.2. The topological polar surface area (TPSA) is 90.0 Å². The summed E-state index contributed by atoms with van der Waals surface area (Å²) in [7, 11) is -3.65. The fourth-order valence-electron chi connectivity index (χ4n) is 2.66. The molecule has 0 unspecified atom stereocenters. The zero-order valence-electron chi connectivity index (χ0n) is 14.8. The number of halogens is 1. The Labute approximate surface area is 161 Å². The summed E-state index contributed by atoms with van der Waals surface area (Å²) in [4.78, 5) is 24.1. The second-order valence-corrected chi connectivity index (χ2v) is 7.99. The fraction of sp³-hybridized carbons (Fsp3) is 0.263. The lowest BCUT2D eigenvalue weighted by Gasteiger charge is -2.26. The summed E-state index contributed by atoms with van der Waals surface area (Å²) >= 11 is 0. The average Bonchev–Trinajstić information content (AvgIpc) is 2.72. The van der Waals surface area contributed by atoms with Crippen LogP contribution in [0.1, 0.15) is 20.7 Å². The third-order valence-corrected chi connectivity index (χ3v) is 6.09. The molecule has 7 nitrogen and oxygen atoms in total. The molecule has 2 aromatic rings. The molecule has 1 fully saturated rings. The van der Waals surface area contributed by atoms with Crippen molar-refractivity contribution in [1.82, 2.24) is 4.31 Å². The lowest BCUT2D eigenvalue weighted by Crippen LogP contribution is -2.40. The van der Waals surface area contributed by atoms with E-state index in [1.54, 1.807) is 0 Å². The molecule has 0 aromatic heterocycles. The highest BCUT2D eigenvalue weighted by Gasteiger charge is 2.26. The van der Waals surface area contributed by atoms with E-state index in [0.717, 1.165) is 6.07 Å². The molecule has 2 aromatic carbocycles. The number of ketones is 1. The first-order valence-corrected chi connectivity index (χ1v) is 9.96. The Morgan fingerprint density at radius 1 is 1.04 bits per heavy atom. The molecule has 1 saturated heterocycles.